The van der Waals surface area contributed by atoms with Gasteiger partial charge in [0.15, 0.2) is 0 Å². The molecule has 8 aromatic carbocycles. The van der Waals surface area contributed by atoms with Gasteiger partial charge in [0.2, 0.25) is 0 Å². The topological polar surface area (TPSA) is 3.24 Å². The van der Waals surface area contributed by atoms with Crippen molar-refractivity contribution >= 4 is 27.8 Å². The van der Waals surface area contributed by atoms with E-state index in [-0.39, 0.29) is 0 Å². The van der Waals surface area contributed by atoms with E-state index in [0.29, 0.717) is 0 Å². The summed E-state index contributed by atoms with van der Waals surface area (Å²) in [6.07, 6.45) is 0. The Kier molecular flexibility index (Phi) is 7.63. The predicted molar refractivity (Wildman–Crippen MR) is 200 cm³/mol. The van der Waals surface area contributed by atoms with Crippen molar-refractivity contribution in [1.82, 2.24) is 0 Å². The zero-order valence-electron chi connectivity index (χ0n) is 26.0. The van der Waals surface area contributed by atoms with Crippen LogP contribution in [-0.4, -0.2) is 0 Å². The van der Waals surface area contributed by atoms with Gasteiger partial charge in [0.25, 0.3) is 0 Å². The third-order valence-electron chi connectivity index (χ3n) is 8.89. The molecule has 0 saturated heterocycles. The summed E-state index contributed by atoms with van der Waals surface area (Å²) >= 11 is 0. The average Bonchev–Trinajstić information content (AvgIpc) is 3.16. The van der Waals surface area contributed by atoms with E-state index in [9.17, 15) is 0 Å². The summed E-state index contributed by atoms with van der Waals surface area (Å²) in [5.41, 5.74) is 13.0. The largest absolute Gasteiger partial charge is 0.310 e. The van der Waals surface area contributed by atoms with Crippen molar-refractivity contribution in [2.75, 3.05) is 4.90 Å². The summed E-state index contributed by atoms with van der Waals surface area (Å²) in [6, 6.07) is 71.8. The number of benzene rings is 8. The normalized spacial score (nSPS) is 11.0. The standard InChI is InChI=1S/C46H33N/c1-4-13-34(14-5-1)35-23-27-40(28-24-35)47(41-29-25-39(26-30-41)44-22-12-20-37-19-10-11-21-43(37)44)42-31-32-45(36-15-6-2-7-16-36)46(33-42)38-17-8-3-9-18-38/h1-33H. The molecule has 8 rings (SSSR count). The van der Waals surface area contributed by atoms with Gasteiger partial charge in [-0.05, 0) is 91.7 Å². The van der Waals surface area contributed by atoms with Crippen molar-refractivity contribution < 1.29 is 0 Å². The van der Waals surface area contributed by atoms with Crippen LogP contribution >= 0.6 is 0 Å². The SMILES string of the molecule is c1ccc(-c2ccc(N(c3ccc(-c4cccc5ccccc45)cc3)c3ccc(-c4ccccc4)c(-c4ccccc4)c3)cc2)cc1. The highest BCUT2D eigenvalue weighted by Crippen LogP contribution is 2.42. The maximum absolute atomic E-state index is 2.36. The molecule has 0 aromatic heterocycles. The highest BCUT2D eigenvalue weighted by atomic mass is 15.1. The van der Waals surface area contributed by atoms with Crippen LogP contribution in [0.2, 0.25) is 0 Å². The van der Waals surface area contributed by atoms with E-state index in [0.717, 1.165) is 17.1 Å². The number of hydrogen-bond acceptors (Lipinski definition) is 1. The molecule has 0 fully saturated rings. The van der Waals surface area contributed by atoms with Gasteiger partial charge in [-0.2, -0.15) is 0 Å². The summed E-state index contributed by atoms with van der Waals surface area (Å²) in [6.45, 7) is 0. The molecule has 0 bridgehead atoms. The van der Waals surface area contributed by atoms with Gasteiger partial charge in [-0.15, -0.1) is 0 Å². The molecule has 222 valence electrons. The minimum atomic E-state index is 1.10. The van der Waals surface area contributed by atoms with Crippen LogP contribution in [-0.2, 0) is 0 Å². The molecule has 0 aliphatic carbocycles. The molecule has 0 aliphatic heterocycles. The molecular formula is C46H33N. The van der Waals surface area contributed by atoms with E-state index < -0.39 is 0 Å². The number of nitrogens with zero attached hydrogens (tertiary/aromatic N) is 1. The first-order valence-electron chi connectivity index (χ1n) is 16.1. The van der Waals surface area contributed by atoms with Gasteiger partial charge in [0.1, 0.15) is 0 Å². The summed E-state index contributed by atoms with van der Waals surface area (Å²) in [5.74, 6) is 0. The number of fused-ring (bicyclic) bond motifs is 1. The van der Waals surface area contributed by atoms with Crippen molar-refractivity contribution in [3.05, 3.63) is 200 Å². The summed E-state index contributed by atoms with van der Waals surface area (Å²) in [4.78, 5) is 2.36. The highest BCUT2D eigenvalue weighted by molar-refractivity contribution is 5.97. The molecule has 0 N–H and O–H groups in total. The van der Waals surface area contributed by atoms with Gasteiger partial charge in [0, 0.05) is 17.1 Å². The van der Waals surface area contributed by atoms with Crippen molar-refractivity contribution in [3.8, 4) is 44.5 Å². The van der Waals surface area contributed by atoms with Crippen molar-refractivity contribution in [2.24, 2.45) is 0 Å². The summed E-state index contributed by atoms with van der Waals surface area (Å²) < 4.78 is 0. The lowest BCUT2D eigenvalue weighted by Crippen LogP contribution is -2.10. The molecule has 0 radical (unpaired) electrons. The van der Waals surface area contributed by atoms with Gasteiger partial charge in [-0.1, -0.05) is 164 Å². The van der Waals surface area contributed by atoms with Gasteiger partial charge < -0.3 is 4.90 Å². The van der Waals surface area contributed by atoms with Crippen LogP contribution in [0.3, 0.4) is 0 Å². The van der Waals surface area contributed by atoms with Crippen molar-refractivity contribution in [3.63, 3.8) is 0 Å². The molecule has 0 atom stereocenters. The van der Waals surface area contributed by atoms with E-state index in [2.05, 4.69) is 205 Å². The van der Waals surface area contributed by atoms with Crippen LogP contribution in [0.15, 0.2) is 200 Å². The summed E-state index contributed by atoms with van der Waals surface area (Å²) in [5, 5.41) is 2.52. The fraction of sp³-hybridized carbons (Fsp3) is 0. The number of hydrogen-bond donors (Lipinski definition) is 0. The Morgan fingerprint density at radius 2 is 0.702 bits per heavy atom. The lowest BCUT2D eigenvalue weighted by molar-refractivity contribution is 1.28. The van der Waals surface area contributed by atoms with Crippen LogP contribution in [0.25, 0.3) is 55.3 Å². The molecule has 8 aromatic rings. The molecule has 1 nitrogen and oxygen atoms in total. The third kappa shape index (κ3) is 5.72. The fourth-order valence-electron chi connectivity index (χ4n) is 6.55. The molecular weight excluding hydrogens is 567 g/mol. The Balaban J connectivity index is 1.27. The molecule has 1 heteroatoms. The van der Waals surface area contributed by atoms with E-state index in [1.807, 2.05) is 0 Å². The first kappa shape index (κ1) is 28.3. The number of anilines is 3. The second kappa shape index (κ2) is 12.7. The van der Waals surface area contributed by atoms with E-state index >= 15 is 0 Å². The Labute approximate surface area is 276 Å². The highest BCUT2D eigenvalue weighted by Gasteiger charge is 2.17. The Bertz CT molecular complexity index is 2250. The van der Waals surface area contributed by atoms with Gasteiger partial charge in [-0.25, -0.2) is 0 Å². The lowest BCUT2D eigenvalue weighted by Gasteiger charge is -2.27. The Morgan fingerprint density at radius 3 is 1.34 bits per heavy atom. The summed E-state index contributed by atoms with van der Waals surface area (Å²) in [7, 11) is 0. The molecule has 0 unspecified atom stereocenters. The quantitative estimate of drug-likeness (QED) is 0.176. The van der Waals surface area contributed by atoms with Crippen LogP contribution in [0.5, 0.6) is 0 Å². The van der Waals surface area contributed by atoms with Gasteiger partial charge in [0.05, 0.1) is 0 Å². The van der Waals surface area contributed by atoms with E-state index in [1.54, 1.807) is 0 Å². The molecule has 0 amide bonds. The second-order valence-electron chi connectivity index (χ2n) is 11.8. The minimum Gasteiger partial charge on any atom is -0.310 e. The molecule has 0 saturated carbocycles. The minimum absolute atomic E-state index is 1.10. The van der Waals surface area contributed by atoms with Crippen molar-refractivity contribution in [1.29, 1.82) is 0 Å². The first-order chi connectivity index (χ1) is 23.3. The van der Waals surface area contributed by atoms with E-state index in [1.165, 1.54) is 55.3 Å². The van der Waals surface area contributed by atoms with Crippen LogP contribution in [0, 0.1) is 0 Å². The maximum Gasteiger partial charge on any atom is 0.0468 e. The monoisotopic (exact) mass is 599 g/mol. The molecule has 47 heavy (non-hydrogen) atoms. The van der Waals surface area contributed by atoms with Gasteiger partial charge >= 0.3 is 0 Å². The molecule has 0 spiro atoms. The zero-order chi connectivity index (χ0) is 31.4. The van der Waals surface area contributed by atoms with Crippen LogP contribution in [0.1, 0.15) is 0 Å². The first-order valence-corrected chi connectivity index (χ1v) is 16.1. The second-order valence-corrected chi connectivity index (χ2v) is 11.8. The fourth-order valence-corrected chi connectivity index (χ4v) is 6.55. The molecule has 0 aliphatic rings. The maximum atomic E-state index is 2.36. The lowest BCUT2D eigenvalue weighted by atomic mass is 9.93. The van der Waals surface area contributed by atoms with E-state index in [4.69, 9.17) is 0 Å². The third-order valence-corrected chi connectivity index (χ3v) is 8.89. The zero-order valence-corrected chi connectivity index (χ0v) is 26.0. The van der Waals surface area contributed by atoms with Gasteiger partial charge in [-0.3, -0.25) is 0 Å². The molecule has 0 heterocycles. The predicted octanol–water partition coefficient (Wildman–Crippen LogP) is 13.0. The smallest absolute Gasteiger partial charge is 0.0468 e. The van der Waals surface area contributed by atoms with Crippen molar-refractivity contribution in [2.45, 2.75) is 0 Å². The Morgan fingerprint density at radius 1 is 0.255 bits per heavy atom. The number of rotatable bonds is 7. The van der Waals surface area contributed by atoms with Crippen LogP contribution in [0.4, 0.5) is 17.1 Å². The van der Waals surface area contributed by atoms with Crippen LogP contribution < -0.4 is 4.90 Å². The average molecular weight is 600 g/mol. The Hall–Kier alpha value is -6.18.